The van der Waals surface area contributed by atoms with Crippen LogP contribution in [0, 0.1) is 22.7 Å². The van der Waals surface area contributed by atoms with Gasteiger partial charge in [-0.1, -0.05) is 11.8 Å². The third kappa shape index (κ3) is 5.94. The van der Waals surface area contributed by atoms with Gasteiger partial charge in [-0.05, 0) is 34.6 Å². The van der Waals surface area contributed by atoms with E-state index in [0.29, 0.717) is 0 Å². The molecule has 0 aromatic heterocycles. The Labute approximate surface area is 69.8 Å². The van der Waals surface area contributed by atoms with E-state index < -0.39 is 0 Å². The zero-order chi connectivity index (χ0) is 9.12. The highest BCUT2D eigenvalue weighted by atomic mass is 16.3. The fourth-order valence-electron chi connectivity index (χ4n) is 0.396. The Bertz CT molecular complexity index is 173. The lowest BCUT2D eigenvalue weighted by molar-refractivity contribution is 0.206. The summed E-state index contributed by atoms with van der Waals surface area (Å²) in [5, 5.41) is 8.89. The van der Waals surface area contributed by atoms with Crippen LogP contribution in [-0.4, -0.2) is 11.7 Å². The maximum Gasteiger partial charge on any atom is 0.0591 e. The van der Waals surface area contributed by atoms with Crippen molar-refractivity contribution in [3.8, 4) is 11.8 Å². The largest absolute Gasteiger partial charge is 0.395 e. The van der Waals surface area contributed by atoms with Crippen LogP contribution >= 0.6 is 0 Å². The molecular weight excluding hydrogens is 136 g/mol. The molecule has 0 bridgehead atoms. The molecule has 0 saturated carbocycles. The van der Waals surface area contributed by atoms with Gasteiger partial charge in [0.15, 0.2) is 0 Å². The SMILES string of the molecule is CC(C)(C)C#CC(C)(C)CO. The molecule has 0 radical (unpaired) electrons. The highest BCUT2D eigenvalue weighted by molar-refractivity contribution is 5.13. The molecule has 0 fully saturated rings. The quantitative estimate of drug-likeness (QED) is 0.573. The first-order valence-corrected chi connectivity index (χ1v) is 3.92. The van der Waals surface area contributed by atoms with E-state index in [4.69, 9.17) is 5.11 Å². The minimum atomic E-state index is -0.257. The Hall–Kier alpha value is -0.480. The van der Waals surface area contributed by atoms with Crippen LogP contribution in [0.3, 0.4) is 0 Å². The van der Waals surface area contributed by atoms with Crippen LogP contribution in [-0.2, 0) is 0 Å². The molecule has 11 heavy (non-hydrogen) atoms. The molecule has 64 valence electrons. The zero-order valence-corrected chi connectivity index (χ0v) is 8.15. The van der Waals surface area contributed by atoms with Gasteiger partial charge in [-0.2, -0.15) is 0 Å². The van der Waals surface area contributed by atoms with Gasteiger partial charge in [-0.25, -0.2) is 0 Å². The van der Waals surface area contributed by atoms with E-state index in [1.807, 2.05) is 13.8 Å². The van der Waals surface area contributed by atoms with Gasteiger partial charge >= 0.3 is 0 Å². The minimum absolute atomic E-state index is 0.0342. The van der Waals surface area contributed by atoms with Gasteiger partial charge in [0.1, 0.15) is 0 Å². The van der Waals surface area contributed by atoms with E-state index in [2.05, 4.69) is 32.6 Å². The van der Waals surface area contributed by atoms with Crippen LogP contribution in [0.4, 0.5) is 0 Å². The van der Waals surface area contributed by atoms with Gasteiger partial charge in [0.25, 0.3) is 0 Å². The maximum atomic E-state index is 8.89. The van der Waals surface area contributed by atoms with Crippen LogP contribution in [0.15, 0.2) is 0 Å². The van der Waals surface area contributed by atoms with Crippen LogP contribution in [0.2, 0.25) is 0 Å². The summed E-state index contributed by atoms with van der Waals surface area (Å²) >= 11 is 0. The summed E-state index contributed by atoms with van der Waals surface area (Å²) in [5.41, 5.74) is -0.223. The fourth-order valence-corrected chi connectivity index (χ4v) is 0.396. The zero-order valence-electron chi connectivity index (χ0n) is 8.15. The summed E-state index contributed by atoms with van der Waals surface area (Å²) in [5.74, 6) is 6.15. The Balaban J connectivity index is 4.29. The first kappa shape index (κ1) is 10.5. The highest BCUT2D eigenvalue weighted by Gasteiger charge is 2.13. The van der Waals surface area contributed by atoms with Crippen molar-refractivity contribution in [2.45, 2.75) is 34.6 Å². The molecule has 0 amide bonds. The van der Waals surface area contributed by atoms with Gasteiger partial charge in [0.2, 0.25) is 0 Å². The van der Waals surface area contributed by atoms with Crippen LogP contribution in [0.25, 0.3) is 0 Å². The minimum Gasteiger partial charge on any atom is -0.395 e. The first-order chi connectivity index (χ1) is 4.77. The highest BCUT2D eigenvalue weighted by Crippen LogP contribution is 2.15. The van der Waals surface area contributed by atoms with Crippen molar-refractivity contribution in [3.05, 3.63) is 0 Å². The van der Waals surface area contributed by atoms with Crippen molar-refractivity contribution in [2.75, 3.05) is 6.61 Å². The predicted molar refractivity (Wildman–Crippen MR) is 48.1 cm³/mol. The molecule has 0 aliphatic rings. The molecule has 0 heterocycles. The number of hydrogen-bond acceptors (Lipinski definition) is 1. The van der Waals surface area contributed by atoms with E-state index in [1.54, 1.807) is 0 Å². The summed E-state index contributed by atoms with van der Waals surface area (Å²) in [7, 11) is 0. The third-order valence-electron chi connectivity index (χ3n) is 1.17. The summed E-state index contributed by atoms with van der Waals surface area (Å²) < 4.78 is 0. The predicted octanol–water partition coefficient (Wildman–Crippen LogP) is 2.05. The lowest BCUT2D eigenvalue weighted by Gasteiger charge is -2.15. The second kappa shape index (κ2) is 3.28. The summed E-state index contributed by atoms with van der Waals surface area (Å²) in [4.78, 5) is 0. The van der Waals surface area contributed by atoms with Gasteiger partial charge in [0, 0.05) is 10.8 Å². The monoisotopic (exact) mass is 154 g/mol. The maximum absolute atomic E-state index is 8.89. The van der Waals surface area contributed by atoms with Crippen molar-refractivity contribution in [1.82, 2.24) is 0 Å². The molecule has 1 N–H and O–H groups in total. The summed E-state index contributed by atoms with van der Waals surface area (Å²) in [6, 6.07) is 0. The molecular formula is C10H18O. The number of rotatable bonds is 1. The molecule has 0 aliphatic heterocycles. The molecule has 0 aliphatic carbocycles. The third-order valence-corrected chi connectivity index (χ3v) is 1.17. The average molecular weight is 154 g/mol. The topological polar surface area (TPSA) is 20.2 Å². The Morgan fingerprint density at radius 1 is 1.00 bits per heavy atom. The van der Waals surface area contributed by atoms with E-state index >= 15 is 0 Å². The molecule has 0 rings (SSSR count). The molecule has 0 aromatic carbocycles. The normalized spacial score (nSPS) is 12.2. The molecule has 0 aromatic rings. The molecule has 0 spiro atoms. The van der Waals surface area contributed by atoms with Crippen molar-refractivity contribution in [3.63, 3.8) is 0 Å². The Morgan fingerprint density at radius 2 is 1.45 bits per heavy atom. The van der Waals surface area contributed by atoms with Gasteiger partial charge in [-0.15, -0.1) is 0 Å². The Morgan fingerprint density at radius 3 is 1.73 bits per heavy atom. The molecule has 0 unspecified atom stereocenters. The van der Waals surface area contributed by atoms with E-state index in [0.717, 1.165) is 0 Å². The lowest BCUT2D eigenvalue weighted by atomic mass is 9.91. The van der Waals surface area contributed by atoms with Crippen LogP contribution < -0.4 is 0 Å². The number of aliphatic hydroxyl groups is 1. The number of aliphatic hydroxyl groups excluding tert-OH is 1. The van der Waals surface area contributed by atoms with E-state index in [-0.39, 0.29) is 17.4 Å². The van der Waals surface area contributed by atoms with Crippen molar-refractivity contribution in [1.29, 1.82) is 0 Å². The average Bonchev–Trinajstić information content (AvgIpc) is 1.83. The Kier molecular flexibility index (Phi) is 3.13. The van der Waals surface area contributed by atoms with Gasteiger partial charge in [-0.3, -0.25) is 0 Å². The molecule has 0 atom stereocenters. The number of hydrogen-bond donors (Lipinski definition) is 1. The van der Waals surface area contributed by atoms with Gasteiger partial charge < -0.3 is 5.11 Å². The summed E-state index contributed by atoms with van der Waals surface area (Å²) in [6.07, 6.45) is 0. The molecule has 1 heteroatoms. The van der Waals surface area contributed by atoms with Crippen molar-refractivity contribution < 1.29 is 5.11 Å². The standard InChI is InChI=1S/C10H18O/c1-9(2,3)6-7-10(4,5)8-11/h11H,8H2,1-5H3. The smallest absolute Gasteiger partial charge is 0.0591 e. The van der Waals surface area contributed by atoms with Crippen molar-refractivity contribution in [2.24, 2.45) is 10.8 Å². The second-order valence-electron chi connectivity index (χ2n) is 4.54. The van der Waals surface area contributed by atoms with Crippen LogP contribution in [0.1, 0.15) is 34.6 Å². The lowest BCUT2D eigenvalue weighted by Crippen LogP contribution is -2.14. The van der Waals surface area contributed by atoms with Crippen molar-refractivity contribution >= 4 is 0 Å². The fraction of sp³-hybridized carbons (Fsp3) is 0.800. The van der Waals surface area contributed by atoms with Gasteiger partial charge in [0.05, 0.1) is 6.61 Å². The first-order valence-electron chi connectivity index (χ1n) is 3.92. The van der Waals surface area contributed by atoms with E-state index in [1.165, 1.54) is 0 Å². The molecule has 1 nitrogen and oxygen atoms in total. The second-order valence-corrected chi connectivity index (χ2v) is 4.54. The van der Waals surface area contributed by atoms with E-state index in [9.17, 15) is 0 Å². The molecule has 0 saturated heterocycles. The summed E-state index contributed by atoms with van der Waals surface area (Å²) in [6.45, 7) is 10.2. The van der Waals surface area contributed by atoms with Crippen LogP contribution in [0.5, 0.6) is 0 Å².